The molecule has 4 aromatic rings. The Balaban J connectivity index is 1.56. The van der Waals surface area contributed by atoms with Crippen LogP contribution in [-0.4, -0.2) is 49.9 Å². The first kappa shape index (κ1) is 32.5. The van der Waals surface area contributed by atoms with E-state index >= 15 is 0 Å². The third-order valence-corrected chi connectivity index (χ3v) is 8.79. The predicted molar refractivity (Wildman–Crippen MR) is 180 cm³/mol. The third kappa shape index (κ3) is 7.52. The fourth-order valence-corrected chi connectivity index (χ4v) is 5.94. The summed E-state index contributed by atoms with van der Waals surface area (Å²) in [6.07, 6.45) is 0.0790. The van der Waals surface area contributed by atoms with E-state index < -0.39 is 11.6 Å². The Hall–Kier alpha value is -3.86. The largest absolute Gasteiger partial charge is 0.497 e. The smallest absolute Gasteiger partial charge is 0.252 e. The molecule has 1 heterocycles. The highest BCUT2D eigenvalue weighted by atomic mass is 79.9. The first-order chi connectivity index (χ1) is 21.9. The number of rotatable bonds is 13. The average Bonchev–Trinajstić information content (AvgIpc) is 3.45. The van der Waals surface area contributed by atoms with E-state index in [0.29, 0.717) is 41.7 Å². The van der Waals surface area contributed by atoms with Gasteiger partial charge in [-0.15, -0.1) is 0 Å². The fourth-order valence-electron chi connectivity index (χ4n) is 5.19. The Labute approximate surface area is 279 Å². The molecule has 10 heteroatoms. The molecule has 0 aromatic heterocycles. The summed E-state index contributed by atoms with van der Waals surface area (Å²) in [6, 6.07) is 28.5. The van der Waals surface area contributed by atoms with Crippen LogP contribution in [0.2, 0.25) is 0 Å². The van der Waals surface area contributed by atoms with Crippen molar-refractivity contribution < 1.29 is 28.8 Å². The summed E-state index contributed by atoms with van der Waals surface area (Å²) in [5, 5.41) is 12.2. The van der Waals surface area contributed by atoms with Crippen molar-refractivity contribution in [2.45, 2.75) is 31.0 Å². The van der Waals surface area contributed by atoms with Gasteiger partial charge in [-0.2, -0.15) is 0 Å². The molecule has 45 heavy (non-hydrogen) atoms. The van der Waals surface area contributed by atoms with Crippen molar-refractivity contribution in [3.63, 3.8) is 0 Å². The van der Waals surface area contributed by atoms with E-state index in [1.165, 1.54) is 0 Å². The van der Waals surface area contributed by atoms with Crippen molar-refractivity contribution >= 4 is 43.7 Å². The molecule has 1 amide bonds. The van der Waals surface area contributed by atoms with Gasteiger partial charge in [-0.1, -0.05) is 62.2 Å². The molecule has 0 spiro atoms. The van der Waals surface area contributed by atoms with Crippen LogP contribution in [0.1, 0.15) is 34.8 Å². The summed E-state index contributed by atoms with van der Waals surface area (Å²) >= 11 is 7.21. The molecule has 234 valence electrons. The third-order valence-electron chi connectivity index (χ3n) is 7.54. The number of nitrogens with zero attached hydrogens (tertiary/aromatic N) is 1. The van der Waals surface area contributed by atoms with Gasteiger partial charge in [0.25, 0.3) is 5.91 Å². The lowest BCUT2D eigenvalue weighted by atomic mass is 9.82. The minimum atomic E-state index is -1.36. The van der Waals surface area contributed by atoms with Gasteiger partial charge in [0.2, 0.25) is 5.90 Å². The zero-order valence-electron chi connectivity index (χ0n) is 25.0. The summed E-state index contributed by atoms with van der Waals surface area (Å²) in [7, 11) is 3.18. The second-order valence-corrected chi connectivity index (χ2v) is 12.2. The molecule has 1 aliphatic heterocycles. The van der Waals surface area contributed by atoms with Crippen molar-refractivity contribution in [2.75, 3.05) is 27.4 Å². The molecule has 0 saturated heterocycles. The van der Waals surface area contributed by atoms with Crippen LogP contribution in [0.3, 0.4) is 0 Å². The molecule has 5 rings (SSSR count). The van der Waals surface area contributed by atoms with Crippen LogP contribution >= 0.6 is 31.9 Å². The van der Waals surface area contributed by atoms with Gasteiger partial charge in [0.15, 0.2) is 11.6 Å². The molecule has 2 N–H and O–H groups in total. The maximum absolute atomic E-state index is 14.6. The van der Waals surface area contributed by atoms with Crippen LogP contribution in [-0.2, 0) is 22.5 Å². The molecule has 8 nitrogen and oxygen atoms in total. The highest BCUT2D eigenvalue weighted by Gasteiger charge is 2.53. The van der Waals surface area contributed by atoms with E-state index in [0.717, 1.165) is 25.6 Å². The normalized spacial score (nSPS) is 17.3. The number of nitrogens with one attached hydrogen (secondary N) is 1. The van der Waals surface area contributed by atoms with Gasteiger partial charge in [0, 0.05) is 57.7 Å². The van der Waals surface area contributed by atoms with Crippen molar-refractivity contribution in [1.29, 1.82) is 0 Å². The number of carbonyl (C=O) groups is 1. The number of benzene rings is 4. The average molecular weight is 738 g/mol. The number of aliphatic hydroxyl groups excluding tert-OH is 1. The molecule has 0 radical (unpaired) electrons. The van der Waals surface area contributed by atoms with Crippen molar-refractivity contribution in [3.8, 4) is 17.2 Å². The summed E-state index contributed by atoms with van der Waals surface area (Å²) in [5.74, 6) is 1.99. The van der Waals surface area contributed by atoms with Crippen LogP contribution in [0.25, 0.3) is 0 Å². The van der Waals surface area contributed by atoms with Crippen LogP contribution in [0, 0.1) is 0 Å². The number of halogens is 2. The second-order valence-electron chi connectivity index (χ2n) is 10.5. The van der Waals surface area contributed by atoms with Crippen LogP contribution < -0.4 is 19.5 Å². The zero-order valence-corrected chi connectivity index (χ0v) is 28.1. The maximum Gasteiger partial charge on any atom is 0.252 e. The van der Waals surface area contributed by atoms with E-state index in [9.17, 15) is 4.79 Å². The highest BCUT2D eigenvalue weighted by Crippen LogP contribution is 2.45. The number of amides is 1. The van der Waals surface area contributed by atoms with Crippen molar-refractivity contribution in [1.82, 2.24) is 5.32 Å². The number of carbonyl (C=O) groups excluding carboxylic acids is 1. The van der Waals surface area contributed by atoms with Gasteiger partial charge < -0.3 is 29.4 Å². The lowest BCUT2D eigenvalue weighted by Crippen LogP contribution is -2.49. The summed E-state index contributed by atoms with van der Waals surface area (Å²) in [4.78, 5) is 19.7. The van der Waals surface area contributed by atoms with E-state index in [-0.39, 0.29) is 25.5 Å². The first-order valence-electron chi connectivity index (χ1n) is 14.5. The van der Waals surface area contributed by atoms with Gasteiger partial charge in [0.05, 0.1) is 20.8 Å². The fraction of sp³-hybridized carbons (Fsp3) is 0.257. The van der Waals surface area contributed by atoms with Crippen LogP contribution in [0.4, 0.5) is 0 Å². The van der Waals surface area contributed by atoms with Crippen molar-refractivity contribution in [3.05, 3.63) is 122 Å². The summed E-state index contributed by atoms with van der Waals surface area (Å²) in [5.41, 5.74) is 1.87. The molecule has 1 aliphatic rings. The second kappa shape index (κ2) is 14.9. The molecular weight excluding hydrogens is 704 g/mol. The lowest BCUT2D eigenvalue weighted by Gasteiger charge is -2.31. The van der Waals surface area contributed by atoms with Gasteiger partial charge in [-0.3, -0.25) is 4.79 Å². The minimum Gasteiger partial charge on any atom is -0.497 e. The number of aliphatic imine (C=N–C) groups is 1. The number of hydrogen-bond acceptors (Lipinski definition) is 7. The number of hydrogen-bond donors (Lipinski definition) is 2. The SMILES string of the molecule is COc1ccc(CNC(=O)[C@]2(Cc3ccc(Br)cc3)N=C(c3ccc(OCCCO)cc3)O[C@@H]2c2ccccc2Br)c(OC)c1. The quantitative estimate of drug-likeness (QED) is 0.147. The van der Waals surface area contributed by atoms with Crippen LogP contribution in [0.15, 0.2) is 105 Å². The van der Waals surface area contributed by atoms with Gasteiger partial charge in [-0.25, -0.2) is 4.99 Å². The Kier molecular flexibility index (Phi) is 10.8. The first-order valence-corrected chi connectivity index (χ1v) is 16.0. The number of aliphatic hydroxyl groups is 1. The zero-order chi connectivity index (χ0) is 31.8. The van der Waals surface area contributed by atoms with Crippen LogP contribution in [0.5, 0.6) is 17.2 Å². The van der Waals surface area contributed by atoms with Gasteiger partial charge in [-0.05, 0) is 60.2 Å². The maximum atomic E-state index is 14.6. The molecule has 0 bridgehead atoms. The molecule has 0 unspecified atom stereocenters. The topological polar surface area (TPSA) is 98.6 Å². The highest BCUT2D eigenvalue weighted by molar-refractivity contribution is 9.10. The number of ether oxygens (including phenoxy) is 4. The Morgan fingerprint density at radius 1 is 0.956 bits per heavy atom. The van der Waals surface area contributed by atoms with Crippen molar-refractivity contribution in [2.24, 2.45) is 4.99 Å². The standard InChI is InChI=1S/C35H34Br2N2O6/c1-42-28-17-12-25(31(20-28)43-2)22-38-34(41)35(21-23-8-13-26(36)14-9-23)32(29-6-3-4-7-30(29)37)45-33(39-35)24-10-15-27(16-11-24)44-19-5-18-40/h3-4,6-17,20,32,40H,5,18-19,21-22H2,1-2H3,(H,38,41)/t32-,35-/m1/s1. The van der Waals surface area contributed by atoms with E-state index in [1.54, 1.807) is 20.3 Å². The predicted octanol–water partition coefficient (Wildman–Crippen LogP) is 6.81. The Morgan fingerprint density at radius 3 is 2.38 bits per heavy atom. The molecule has 0 aliphatic carbocycles. The molecule has 2 atom stereocenters. The Bertz CT molecular complexity index is 1650. The Morgan fingerprint density at radius 2 is 1.69 bits per heavy atom. The lowest BCUT2D eigenvalue weighted by molar-refractivity contribution is -0.129. The molecule has 0 fully saturated rings. The monoisotopic (exact) mass is 736 g/mol. The van der Waals surface area contributed by atoms with E-state index in [4.69, 9.17) is 29.0 Å². The van der Waals surface area contributed by atoms with E-state index in [2.05, 4.69) is 37.2 Å². The van der Waals surface area contributed by atoms with E-state index in [1.807, 2.05) is 84.9 Å². The molecule has 0 saturated carbocycles. The van der Waals surface area contributed by atoms with Gasteiger partial charge in [0.1, 0.15) is 17.2 Å². The molecule has 4 aromatic carbocycles. The number of methoxy groups -OCH3 is 2. The summed E-state index contributed by atoms with van der Waals surface area (Å²) in [6.45, 7) is 0.682. The molecular formula is C35H34Br2N2O6. The van der Waals surface area contributed by atoms with Gasteiger partial charge >= 0.3 is 0 Å². The summed E-state index contributed by atoms with van der Waals surface area (Å²) < 4.78 is 25.0. The minimum absolute atomic E-state index is 0.0624.